The number of benzene rings is 4. The van der Waals surface area contributed by atoms with Gasteiger partial charge in [0.05, 0.1) is 0 Å². The molecule has 126 valence electrons. The van der Waals surface area contributed by atoms with E-state index in [0.717, 1.165) is 0 Å². The van der Waals surface area contributed by atoms with Crippen molar-refractivity contribution in [3.8, 4) is 11.1 Å². The topological polar surface area (TPSA) is 0 Å². The zero-order valence-corrected chi connectivity index (χ0v) is 15.7. The van der Waals surface area contributed by atoms with Gasteiger partial charge in [-0.15, -0.1) is 0 Å². The minimum absolute atomic E-state index is 0.611. The molecule has 4 rings (SSSR count). The number of aryl methyl sites for hydroxylation is 1. The molecule has 0 fully saturated rings. The molecular weight excluding hydrogens is 331 g/mol. The molecule has 0 saturated carbocycles. The normalized spacial score (nSPS) is 11.9. The first-order chi connectivity index (χ1) is 12.8. The predicted molar refractivity (Wildman–Crippen MR) is 115 cm³/mol. The van der Waals surface area contributed by atoms with Gasteiger partial charge >= 0.3 is 0 Å². The van der Waals surface area contributed by atoms with Crippen molar-refractivity contribution in [1.82, 2.24) is 0 Å². The highest BCUT2D eigenvalue weighted by atomic mass is 31.1. The van der Waals surface area contributed by atoms with Gasteiger partial charge in [-0.2, -0.15) is 0 Å². The largest absolute Gasteiger partial charge is 0.0622 e. The molecule has 0 heterocycles. The summed E-state index contributed by atoms with van der Waals surface area (Å²) in [5.74, 6) is 0. The first-order valence-corrected chi connectivity index (χ1v) is 10.2. The van der Waals surface area contributed by atoms with Crippen molar-refractivity contribution in [3.05, 3.63) is 115 Å². The molecule has 0 aliphatic carbocycles. The molecule has 0 N–H and O–H groups in total. The standard InChI is InChI=1S/C25H21P/c1-20-12-8-10-18-24(20)26(22-15-6-3-7-16-22)25-19-11-9-17-23(25)21-13-4-2-5-14-21/h2-19H,1H3. The summed E-state index contributed by atoms with van der Waals surface area (Å²) in [4.78, 5) is 0. The van der Waals surface area contributed by atoms with Crippen molar-refractivity contribution < 1.29 is 0 Å². The maximum absolute atomic E-state index is 2.30. The van der Waals surface area contributed by atoms with Crippen molar-refractivity contribution in [3.63, 3.8) is 0 Å². The first-order valence-electron chi connectivity index (χ1n) is 8.90. The Balaban J connectivity index is 1.96. The Morgan fingerprint density at radius 1 is 0.500 bits per heavy atom. The zero-order valence-electron chi connectivity index (χ0n) is 14.8. The molecule has 0 aliphatic rings. The van der Waals surface area contributed by atoms with E-state index in [1.54, 1.807) is 0 Å². The van der Waals surface area contributed by atoms with Crippen LogP contribution in [0.1, 0.15) is 5.56 Å². The van der Waals surface area contributed by atoms with Gasteiger partial charge in [0.1, 0.15) is 0 Å². The fraction of sp³-hybridized carbons (Fsp3) is 0.0400. The van der Waals surface area contributed by atoms with Gasteiger partial charge in [-0.1, -0.05) is 109 Å². The van der Waals surface area contributed by atoms with Crippen LogP contribution >= 0.6 is 7.92 Å². The van der Waals surface area contributed by atoms with Crippen LogP contribution in [0, 0.1) is 6.92 Å². The second-order valence-corrected chi connectivity index (χ2v) is 8.49. The van der Waals surface area contributed by atoms with Gasteiger partial charge in [0, 0.05) is 0 Å². The number of rotatable bonds is 4. The van der Waals surface area contributed by atoms with Crippen LogP contribution in [0.3, 0.4) is 0 Å². The summed E-state index contributed by atoms with van der Waals surface area (Å²) >= 11 is 0. The molecule has 0 saturated heterocycles. The lowest BCUT2D eigenvalue weighted by Crippen LogP contribution is -2.23. The second kappa shape index (κ2) is 7.68. The molecular formula is C25H21P. The van der Waals surface area contributed by atoms with Crippen LogP contribution in [-0.4, -0.2) is 0 Å². The molecule has 0 nitrogen and oxygen atoms in total. The lowest BCUT2D eigenvalue weighted by molar-refractivity contribution is 1.52. The van der Waals surface area contributed by atoms with Crippen LogP contribution in [0.2, 0.25) is 0 Å². The van der Waals surface area contributed by atoms with Crippen LogP contribution in [0.5, 0.6) is 0 Å². The van der Waals surface area contributed by atoms with Crippen molar-refractivity contribution in [2.24, 2.45) is 0 Å². The third-order valence-corrected chi connectivity index (χ3v) is 7.27. The smallest absolute Gasteiger partial charge is 0.00725 e. The van der Waals surface area contributed by atoms with E-state index in [-0.39, 0.29) is 0 Å². The lowest BCUT2D eigenvalue weighted by atomic mass is 10.1. The highest BCUT2D eigenvalue weighted by molar-refractivity contribution is 7.80. The van der Waals surface area contributed by atoms with Crippen molar-refractivity contribution >= 4 is 23.8 Å². The van der Waals surface area contributed by atoms with E-state index in [9.17, 15) is 0 Å². The predicted octanol–water partition coefficient (Wildman–Crippen LogP) is 5.42. The Kier molecular flexibility index (Phi) is 4.95. The Morgan fingerprint density at radius 3 is 1.73 bits per heavy atom. The average molecular weight is 352 g/mol. The molecule has 4 aromatic rings. The first kappa shape index (κ1) is 16.8. The van der Waals surface area contributed by atoms with Gasteiger partial charge in [0.25, 0.3) is 0 Å². The third-order valence-electron chi connectivity index (χ3n) is 4.60. The van der Waals surface area contributed by atoms with Gasteiger partial charge in [0.15, 0.2) is 0 Å². The van der Waals surface area contributed by atoms with E-state index in [2.05, 4.69) is 116 Å². The average Bonchev–Trinajstić information content (AvgIpc) is 2.72. The lowest BCUT2D eigenvalue weighted by Gasteiger charge is -2.24. The van der Waals surface area contributed by atoms with Crippen LogP contribution in [-0.2, 0) is 0 Å². The Morgan fingerprint density at radius 2 is 1.04 bits per heavy atom. The monoisotopic (exact) mass is 352 g/mol. The SMILES string of the molecule is Cc1ccccc1P(c1ccccc1)c1ccccc1-c1ccccc1. The van der Waals surface area contributed by atoms with E-state index in [4.69, 9.17) is 0 Å². The van der Waals surface area contributed by atoms with Gasteiger partial charge < -0.3 is 0 Å². The van der Waals surface area contributed by atoms with Crippen molar-refractivity contribution in [2.75, 3.05) is 0 Å². The van der Waals surface area contributed by atoms with Gasteiger partial charge in [-0.3, -0.25) is 0 Å². The Hall–Kier alpha value is -2.69. The summed E-state index contributed by atoms with van der Waals surface area (Å²) in [7, 11) is -0.611. The van der Waals surface area contributed by atoms with Crippen molar-refractivity contribution in [2.45, 2.75) is 6.92 Å². The molecule has 0 amide bonds. The highest BCUT2D eigenvalue weighted by Crippen LogP contribution is 2.37. The quantitative estimate of drug-likeness (QED) is 0.430. The molecule has 4 aromatic carbocycles. The molecule has 0 spiro atoms. The molecule has 0 radical (unpaired) electrons. The maximum Gasteiger partial charge on any atom is -0.00725 e. The highest BCUT2D eigenvalue weighted by Gasteiger charge is 2.21. The van der Waals surface area contributed by atoms with Crippen molar-refractivity contribution in [1.29, 1.82) is 0 Å². The fourth-order valence-electron chi connectivity index (χ4n) is 3.33. The summed E-state index contributed by atoms with van der Waals surface area (Å²) < 4.78 is 0. The van der Waals surface area contributed by atoms with E-state index in [0.29, 0.717) is 0 Å². The minimum Gasteiger partial charge on any atom is -0.0622 e. The van der Waals surface area contributed by atoms with E-state index >= 15 is 0 Å². The van der Waals surface area contributed by atoms with Gasteiger partial charge in [-0.05, 0) is 47.4 Å². The van der Waals surface area contributed by atoms with E-state index < -0.39 is 7.92 Å². The van der Waals surface area contributed by atoms with E-state index in [1.165, 1.54) is 32.6 Å². The van der Waals surface area contributed by atoms with E-state index in [1.807, 2.05) is 0 Å². The summed E-state index contributed by atoms with van der Waals surface area (Å²) in [6, 6.07) is 39.3. The maximum atomic E-state index is 2.30. The Bertz CT molecular complexity index is 991. The summed E-state index contributed by atoms with van der Waals surface area (Å²) in [6.45, 7) is 2.22. The molecule has 0 bridgehead atoms. The summed E-state index contributed by atoms with van der Waals surface area (Å²) in [5, 5.41) is 4.23. The van der Waals surface area contributed by atoms with Gasteiger partial charge in [-0.25, -0.2) is 0 Å². The minimum atomic E-state index is -0.611. The van der Waals surface area contributed by atoms with Crippen LogP contribution in [0.4, 0.5) is 0 Å². The molecule has 1 heteroatoms. The fourth-order valence-corrected chi connectivity index (χ4v) is 5.96. The molecule has 26 heavy (non-hydrogen) atoms. The Labute approximate surface area is 156 Å². The molecule has 1 unspecified atom stereocenters. The van der Waals surface area contributed by atoms with Crippen LogP contribution in [0.25, 0.3) is 11.1 Å². The molecule has 0 aliphatic heterocycles. The molecule has 1 atom stereocenters. The third kappa shape index (κ3) is 3.34. The summed E-state index contributed by atoms with van der Waals surface area (Å²) in [5.41, 5.74) is 3.96. The van der Waals surface area contributed by atoms with Crippen LogP contribution in [0.15, 0.2) is 109 Å². The second-order valence-electron chi connectivity index (χ2n) is 6.34. The van der Waals surface area contributed by atoms with Gasteiger partial charge in [0.2, 0.25) is 0 Å². The van der Waals surface area contributed by atoms with Crippen LogP contribution < -0.4 is 15.9 Å². The molecule has 0 aromatic heterocycles. The zero-order chi connectivity index (χ0) is 17.8. The summed E-state index contributed by atoms with van der Waals surface area (Å²) in [6.07, 6.45) is 0. The number of hydrogen-bond donors (Lipinski definition) is 0. The number of hydrogen-bond acceptors (Lipinski definition) is 0.